The molecule has 0 unspecified atom stereocenters. The van der Waals surface area contributed by atoms with E-state index in [4.69, 9.17) is 0 Å². The first kappa shape index (κ1) is 15.0. The Hall–Kier alpha value is -2.57. The quantitative estimate of drug-likeness (QED) is 0.824. The van der Waals surface area contributed by atoms with Gasteiger partial charge in [0.2, 0.25) is 0 Å². The molecule has 1 amide bonds. The first-order valence-electron chi connectivity index (χ1n) is 8.46. The summed E-state index contributed by atoms with van der Waals surface area (Å²) in [4.78, 5) is 25.9. The highest BCUT2D eigenvalue weighted by Crippen LogP contribution is 2.26. The van der Waals surface area contributed by atoms with Gasteiger partial charge in [-0.3, -0.25) is 4.79 Å². The zero-order valence-electron chi connectivity index (χ0n) is 13.6. The lowest BCUT2D eigenvalue weighted by Crippen LogP contribution is -2.33. The lowest BCUT2D eigenvalue weighted by molar-refractivity contribution is 0.0762. The molecular weight excluding hydrogens is 304 g/mol. The molecule has 0 spiro atoms. The summed E-state index contributed by atoms with van der Waals surface area (Å²) in [7, 11) is 0. The molecule has 1 fully saturated rings. The number of fused-ring (bicyclic) bond motifs is 1. The van der Waals surface area contributed by atoms with Gasteiger partial charge in [0.1, 0.15) is 12.1 Å². The van der Waals surface area contributed by atoms with Crippen LogP contribution in [0.2, 0.25) is 0 Å². The molecule has 0 aromatic carbocycles. The number of aromatic nitrogens is 4. The molecule has 0 aliphatic carbocycles. The van der Waals surface area contributed by atoms with Crippen molar-refractivity contribution in [3.05, 3.63) is 41.6 Å². The van der Waals surface area contributed by atoms with Gasteiger partial charge in [0.25, 0.3) is 5.91 Å². The predicted molar refractivity (Wildman–Crippen MR) is 88.8 cm³/mol. The topological polar surface area (TPSA) is 75.1 Å². The predicted octanol–water partition coefficient (Wildman–Crippen LogP) is 1.11. The fourth-order valence-corrected chi connectivity index (χ4v) is 3.51. The van der Waals surface area contributed by atoms with Gasteiger partial charge < -0.3 is 9.80 Å². The van der Waals surface area contributed by atoms with Crippen molar-refractivity contribution in [2.75, 3.05) is 31.1 Å². The maximum Gasteiger partial charge on any atom is 0.255 e. The van der Waals surface area contributed by atoms with Gasteiger partial charge in [0, 0.05) is 38.2 Å². The van der Waals surface area contributed by atoms with Crippen molar-refractivity contribution in [2.45, 2.75) is 25.7 Å². The fraction of sp³-hybridized carbons (Fsp3) is 0.471. The number of rotatable bonds is 2. The zero-order chi connectivity index (χ0) is 16.4. The second kappa shape index (κ2) is 6.51. The SMILES string of the molecule is O=C(c1ccnnc1)N1CCc2ncnc(N3CCCC3)c2CC1. The maximum absolute atomic E-state index is 12.7. The summed E-state index contributed by atoms with van der Waals surface area (Å²) in [6.45, 7) is 3.48. The second-order valence-electron chi connectivity index (χ2n) is 6.24. The van der Waals surface area contributed by atoms with Gasteiger partial charge in [0.15, 0.2) is 0 Å². The standard InChI is InChI=1S/C17H20N6O/c24-17(13-3-6-20-21-11-13)23-9-4-14-15(5-10-23)18-12-19-16(14)22-7-1-2-8-22/h3,6,11-12H,1-2,4-5,7-10H2. The van der Waals surface area contributed by atoms with Crippen LogP contribution < -0.4 is 4.90 Å². The number of carbonyl (C=O) groups is 1. The third-order valence-electron chi connectivity index (χ3n) is 4.79. The summed E-state index contributed by atoms with van der Waals surface area (Å²) in [5.74, 6) is 1.07. The van der Waals surface area contributed by atoms with Crippen LogP contribution in [0.1, 0.15) is 34.5 Å². The minimum atomic E-state index is 0.00777. The van der Waals surface area contributed by atoms with Gasteiger partial charge in [-0.15, -0.1) is 0 Å². The van der Waals surface area contributed by atoms with Gasteiger partial charge in [-0.25, -0.2) is 9.97 Å². The van der Waals surface area contributed by atoms with Gasteiger partial charge >= 0.3 is 0 Å². The fourth-order valence-electron chi connectivity index (χ4n) is 3.51. The summed E-state index contributed by atoms with van der Waals surface area (Å²) in [6.07, 6.45) is 8.75. The van der Waals surface area contributed by atoms with E-state index in [9.17, 15) is 4.79 Å². The van der Waals surface area contributed by atoms with Crippen LogP contribution in [0.3, 0.4) is 0 Å². The molecule has 2 aromatic rings. The third-order valence-corrected chi connectivity index (χ3v) is 4.79. The van der Waals surface area contributed by atoms with Crippen molar-refractivity contribution in [1.29, 1.82) is 0 Å². The van der Waals surface area contributed by atoms with Gasteiger partial charge in [0.05, 0.1) is 23.7 Å². The molecule has 4 heterocycles. The van der Waals surface area contributed by atoms with Crippen LogP contribution in [-0.4, -0.2) is 57.2 Å². The maximum atomic E-state index is 12.7. The monoisotopic (exact) mass is 324 g/mol. The minimum Gasteiger partial charge on any atom is -0.356 e. The van der Waals surface area contributed by atoms with Crippen molar-refractivity contribution in [2.24, 2.45) is 0 Å². The number of carbonyl (C=O) groups excluding carboxylic acids is 1. The first-order valence-corrected chi connectivity index (χ1v) is 8.46. The lowest BCUT2D eigenvalue weighted by Gasteiger charge is -2.21. The molecule has 0 N–H and O–H groups in total. The van der Waals surface area contributed by atoms with E-state index in [1.54, 1.807) is 18.6 Å². The molecule has 4 rings (SSSR count). The van der Waals surface area contributed by atoms with Gasteiger partial charge in [-0.2, -0.15) is 10.2 Å². The Morgan fingerprint density at radius 1 is 1.00 bits per heavy atom. The van der Waals surface area contributed by atoms with E-state index in [-0.39, 0.29) is 5.91 Å². The number of nitrogens with zero attached hydrogens (tertiary/aromatic N) is 6. The molecule has 0 bridgehead atoms. The highest BCUT2D eigenvalue weighted by molar-refractivity contribution is 5.93. The van der Waals surface area contributed by atoms with Gasteiger partial charge in [-0.05, 0) is 25.3 Å². The van der Waals surface area contributed by atoms with E-state index in [0.717, 1.165) is 37.4 Å². The van der Waals surface area contributed by atoms with E-state index >= 15 is 0 Å². The summed E-state index contributed by atoms with van der Waals surface area (Å²) < 4.78 is 0. The molecule has 1 saturated heterocycles. The van der Waals surface area contributed by atoms with Crippen LogP contribution in [0.25, 0.3) is 0 Å². The highest BCUT2D eigenvalue weighted by atomic mass is 16.2. The Labute approximate surface area is 140 Å². The molecule has 24 heavy (non-hydrogen) atoms. The molecule has 2 aliphatic rings. The zero-order valence-corrected chi connectivity index (χ0v) is 13.6. The Morgan fingerprint density at radius 3 is 2.62 bits per heavy atom. The molecular formula is C17H20N6O. The van der Waals surface area contributed by atoms with Crippen molar-refractivity contribution in [3.8, 4) is 0 Å². The highest BCUT2D eigenvalue weighted by Gasteiger charge is 2.25. The summed E-state index contributed by atoms with van der Waals surface area (Å²) >= 11 is 0. The third kappa shape index (κ3) is 2.81. The smallest absolute Gasteiger partial charge is 0.255 e. The number of hydrogen-bond donors (Lipinski definition) is 0. The molecule has 0 saturated carbocycles. The average molecular weight is 324 g/mol. The Balaban J connectivity index is 1.56. The lowest BCUT2D eigenvalue weighted by atomic mass is 10.1. The molecule has 2 aromatic heterocycles. The van der Waals surface area contributed by atoms with Crippen LogP contribution >= 0.6 is 0 Å². The van der Waals surface area contributed by atoms with Crippen LogP contribution in [0.5, 0.6) is 0 Å². The Bertz CT molecular complexity index is 729. The van der Waals surface area contributed by atoms with E-state index in [1.165, 1.54) is 24.6 Å². The number of anilines is 1. The number of amides is 1. The largest absolute Gasteiger partial charge is 0.356 e. The molecule has 2 aliphatic heterocycles. The second-order valence-corrected chi connectivity index (χ2v) is 6.24. The molecule has 0 radical (unpaired) electrons. The van der Waals surface area contributed by atoms with Crippen LogP contribution in [0, 0.1) is 0 Å². The average Bonchev–Trinajstić information content (AvgIpc) is 3.08. The summed E-state index contributed by atoms with van der Waals surface area (Å²) in [6, 6.07) is 1.71. The minimum absolute atomic E-state index is 0.00777. The van der Waals surface area contributed by atoms with Crippen molar-refractivity contribution in [1.82, 2.24) is 25.1 Å². The summed E-state index contributed by atoms with van der Waals surface area (Å²) in [5, 5.41) is 7.54. The normalized spacial score (nSPS) is 17.5. The van der Waals surface area contributed by atoms with E-state index in [1.807, 2.05) is 4.90 Å². The van der Waals surface area contributed by atoms with Crippen LogP contribution in [0.15, 0.2) is 24.8 Å². The van der Waals surface area contributed by atoms with E-state index < -0.39 is 0 Å². The summed E-state index contributed by atoms with van der Waals surface area (Å²) in [5.41, 5.74) is 2.87. The van der Waals surface area contributed by atoms with E-state index in [2.05, 4.69) is 25.1 Å². The Morgan fingerprint density at radius 2 is 1.83 bits per heavy atom. The Kier molecular flexibility index (Phi) is 4.06. The van der Waals surface area contributed by atoms with Crippen LogP contribution in [0.4, 0.5) is 5.82 Å². The van der Waals surface area contributed by atoms with Crippen LogP contribution in [-0.2, 0) is 12.8 Å². The van der Waals surface area contributed by atoms with Gasteiger partial charge in [-0.1, -0.05) is 0 Å². The number of hydrogen-bond acceptors (Lipinski definition) is 6. The first-order chi connectivity index (χ1) is 11.8. The van der Waals surface area contributed by atoms with Crippen molar-refractivity contribution >= 4 is 11.7 Å². The molecule has 7 heteroatoms. The van der Waals surface area contributed by atoms with Crippen molar-refractivity contribution in [3.63, 3.8) is 0 Å². The molecule has 7 nitrogen and oxygen atoms in total. The molecule has 124 valence electrons. The molecule has 0 atom stereocenters. The van der Waals surface area contributed by atoms with E-state index in [0.29, 0.717) is 18.7 Å². The van der Waals surface area contributed by atoms with Crippen molar-refractivity contribution < 1.29 is 4.79 Å².